The van der Waals surface area contributed by atoms with Crippen molar-refractivity contribution < 1.29 is 0 Å². The fraction of sp³-hybridized carbons (Fsp3) is 0.833. The lowest BCUT2D eigenvalue weighted by Gasteiger charge is -2.23. The van der Waals surface area contributed by atoms with Gasteiger partial charge in [0.1, 0.15) is 12.2 Å². The molecule has 0 aliphatic heterocycles. The lowest BCUT2D eigenvalue weighted by atomic mass is 9.84. The van der Waals surface area contributed by atoms with Crippen molar-refractivity contribution >= 4 is 0 Å². The number of rotatable bonds is 3. The van der Waals surface area contributed by atoms with Crippen molar-refractivity contribution in [2.75, 3.05) is 0 Å². The maximum atomic E-state index is 5.99. The van der Waals surface area contributed by atoms with Crippen LogP contribution < -0.4 is 5.73 Å². The van der Waals surface area contributed by atoms with E-state index < -0.39 is 0 Å². The van der Waals surface area contributed by atoms with Crippen molar-refractivity contribution in [3.05, 3.63) is 12.2 Å². The highest BCUT2D eigenvalue weighted by Gasteiger charge is 2.34. The van der Waals surface area contributed by atoms with E-state index in [-0.39, 0.29) is 0 Å². The summed E-state index contributed by atoms with van der Waals surface area (Å²) < 4.78 is 2.02. The van der Waals surface area contributed by atoms with Crippen LogP contribution in [0.3, 0.4) is 0 Å². The van der Waals surface area contributed by atoms with Crippen LogP contribution in [-0.4, -0.2) is 20.8 Å². The van der Waals surface area contributed by atoms with Crippen molar-refractivity contribution in [2.45, 2.75) is 58.5 Å². The van der Waals surface area contributed by atoms with Crippen LogP contribution in [0.15, 0.2) is 6.33 Å². The first-order chi connectivity index (χ1) is 7.50. The highest BCUT2D eigenvalue weighted by atomic mass is 15.3. The number of nitrogens with two attached hydrogens (primary N) is 1. The molecule has 2 unspecified atom stereocenters. The van der Waals surface area contributed by atoms with Gasteiger partial charge in [0, 0.05) is 18.5 Å². The minimum atomic E-state index is 0.319. The first-order valence-corrected chi connectivity index (χ1v) is 6.14. The van der Waals surface area contributed by atoms with E-state index in [4.69, 9.17) is 5.73 Å². The van der Waals surface area contributed by atoms with Crippen LogP contribution in [-0.2, 0) is 6.42 Å². The van der Waals surface area contributed by atoms with Crippen LogP contribution in [0.2, 0.25) is 0 Å². The van der Waals surface area contributed by atoms with Gasteiger partial charge in [-0.2, -0.15) is 5.10 Å². The number of hydrogen-bond donors (Lipinski definition) is 1. The molecule has 0 aromatic carbocycles. The van der Waals surface area contributed by atoms with Crippen molar-refractivity contribution in [2.24, 2.45) is 11.1 Å². The minimum absolute atomic E-state index is 0.319. The van der Waals surface area contributed by atoms with Crippen LogP contribution in [0.5, 0.6) is 0 Å². The molecule has 2 atom stereocenters. The highest BCUT2D eigenvalue weighted by molar-refractivity contribution is 4.98. The fourth-order valence-electron chi connectivity index (χ4n) is 2.75. The van der Waals surface area contributed by atoms with Gasteiger partial charge in [-0.15, -0.1) is 0 Å². The second-order valence-corrected chi connectivity index (χ2v) is 5.70. The largest absolute Gasteiger partial charge is 0.328 e. The Kier molecular flexibility index (Phi) is 3.02. The van der Waals surface area contributed by atoms with Crippen molar-refractivity contribution in [1.29, 1.82) is 0 Å². The Morgan fingerprint density at radius 1 is 1.62 bits per heavy atom. The molecule has 4 heteroatoms. The molecule has 0 radical (unpaired) electrons. The van der Waals surface area contributed by atoms with Crippen LogP contribution in [0, 0.1) is 5.41 Å². The summed E-state index contributed by atoms with van der Waals surface area (Å²) in [5.74, 6) is 1.10. The van der Waals surface area contributed by atoms with E-state index in [0.717, 1.165) is 25.1 Å². The molecule has 0 saturated heterocycles. The van der Waals surface area contributed by atoms with Gasteiger partial charge in [0.25, 0.3) is 0 Å². The summed E-state index contributed by atoms with van der Waals surface area (Å²) in [7, 11) is 0. The highest BCUT2D eigenvalue weighted by Crippen LogP contribution is 2.39. The van der Waals surface area contributed by atoms with Crippen molar-refractivity contribution in [3.8, 4) is 0 Å². The smallest absolute Gasteiger partial charge is 0.138 e. The Balaban J connectivity index is 2.11. The molecule has 0 amide bonds. The topological polar surface area (TPSA) is 56.7 Å². The zero-order chi connectivity index (χ0) is 11.8. The normalized spacial score (nSPS) is 30.2. The maximum Gasteiger partial charge on any atom is 0.138 e. The molecule has 0 spiro atoms. The van der Waals surface area contributed by atoms with E-state index >= 15 is 0 Å². The fourth-order valence-corrected chi connectivity index (χ4v) is 2.75. The molecule has 16 heavy (non-hydrogen) atoms. The van der Waals surface area contributed by atoms with Gasteiger partial charge >= 0.3 is 0 Å². The zero-order valence-electron chi connectivity index (χ0n) is 10.5. The predicted octanol–water partition coefficient (Wildman–Crippen LogP) is 1.92. The molecular formula is C12H22N4. The third kappa shape index (κ3) is 2.26. The molecule has 2 N–H and O–H groups in total. The summed E-state index contributed by atoms with van der Waals surface area (Å²) in [6.07, 6.45) is 6.12. The average Bonchev–Trinajstić information content (AvgIpc) is 2.74. The Bertz CT molecular complexity index is 358. The van der Waals surface area contributed by atoms with Crippen molar-refractivity contribution in [1.82, 2.24) is 14.8 Å². The van der Waals surface area contributed by atoms with Gasteiger partial charge in [0.15, 0.2) is 0 Å². The van der Waals surface area contributed by atoms with E-state index in [0.29, 0.717) is 17.5 Å². The Hall–Kier alpha value is -0.900. The van der Waals surface area contributed by atoms with Gasteiger partial charge < -0.3 is 5.73 Å². The average molecular weight is 222 g/mol. The third-order valence-electron chi connectivity index (χ3n) is 3.59. The molecule has 1 fully saturated rings. The lowest BCUT2D eigenvalue weighted by Crippen LogP contribution is -2.23. The van der Waals surface area contributed by atoms with E-state index in [1.165, 1.54) is 6.42 Å². The van der Waals surface area contributed by atoms with Crippen LogP contribution >= 0.6 is 0 Å². The summed E-state index contributed by atoms with van der Waals surface area (Å²) in [6.45, 7) is 6.60. The molecule has 4 nitrogen and oxygen atoms in total. The molecule has 2 rings (SSSR count). The second kappa shape index (κ2) is 4.17. The molecule has 0 bridgehead atoms. The number of nitrogens with zero attached hydrogens (tertiary/aromatic N) is 3. The van der Waals surface area contributed by atoms with Gasteiger partial charge in [-0.3, -0.25) is 0 Å². The van der Waals surface area contributed by atoms with Crippen LogP contribution in [0.4, 0.5) is 0 Å². The van der Waals surface area contributed by atoms with Gasteiger partial charge in [0.05, 0.1) is 0 Å². The maximum absolute atomic E-state index is 5.99. The standard InChI is InChI=1S/C12H22N4/c1-9(2)16-11(14-8-15-16)7-12(3)5-4-10(13)6-12/h8-10H,4-7,13H2,1-3H3. The summed E-state index contributed by atoms with van der Waals surface area (Å²) in [5.41, 5.74) is 6.31. The summed E-state index contributed by atoms with van der Waals surface area (Å²) in [5, 5.41) is 4.28. The predicted molar refractivity (Wildman–Crippen MR) is 64.0 cm³/mol. The first-order valence-electron chi connectivity index (χ1n) is 6.14. The van der Waals surface area contributed by atoms with E-state index in [1.807, 2.05) is 4.68 Å². The number of aromatic nitrogens is 3. The van der Waals surface area contributed by atoms with Crippen LogP contribution in [0.25, 0.3) is 0 Å². The molecule has 1 heterocycles. The monoisotopic (exact) mass is 222 g/mol. The van der Waals surface area contributed by atoms with Crippen LogP contribution in [0.1, 0.15) is 51.9 Å². The van der Waals surface area contributed by atoms with E-state index in [1.54, 1.807) is 6.33 Å². The molecule has 1 aliphatic rings. The molecule has 1 saturated carbocycles. The van der Waals surface area contributed by atoms with Gasteiger partial charge in [0.2, 0.25) is 0 Å². The van der Waals surface area contributed by atoms with Gasteiger partial charge in [-0.25, -0.2) is 9.67 Å². The minimum Gasteiger partial charge on any atom is -0.328 e. The number of hydrogen-bond acceptors (Lipinski definition) is 3. The Labute approximate surface area is 97.2 Å². The molecular weight excluding hydrogens is 200 g/mol. The Morgan fingerprint density at radius 3 is 2.94 bits per heavy atom. The third-order valence-corrected chi connectivity index (χ3v) is 3.59. The second-order valence-electron chi connectivity index (χ2n) is 5.70. The van der Waals surface area contributed by atoms with Crippen molar-refractivity contribution in [3.63, 3.8) is 0 Å². The Morgan fingerprint density at radius 2 is 2.38 bits per heavy atom. The quantitative estimate of drug-likeness (QED) is 0.850. The summed E-state index contributed by atoms with van der Waals surface area (Å²) >= 11 is 0. The summed E-state index contributed by atoms with van der Waals surface area (Å²) in [4.78, 5) is 4.38. The summed E-state index contributed by atoms with van der Waals surface area (Å²) in [6, 6.07) is 0.761. The van der Waals surface area contributed by atoms with Gasteiger partial charge in [-0.1, -0.05) is 6.92 Å². The SMILES string of the molecule is CC(C)n1ncnc1CC1(C)CCC(N)C1. The first kappa shape index (κ1) is 11.6. The van der Waals surface area contributed by atoms with E-state index in [9.17, 15) is 0 Å². The molecule has 1 aliphatic carbocycles. The zero-order valence-corrected chi connectivity index (χ0v) is 10.5. The molecule has 90 valence electrons. The molecule has 1 aromatic rings. The molecule has 1 aromatic heterocycles. The van der Waals surface area contributed by atoms with Gasteiger partial charge in [-0.05, 0) is 38.5 Å². The lowest BCUT2D eigenvalue weighted by molar-refractivity contribution is 0.311. The van der Waals surface area contributed by atoms with E-state index in [2.05, 4.69) is 30.9 Å².